The van der Waals surface area contributed by atoms with E-state index >= 15 is 0 Å². The maximum absolute atomic E-state index is 12.9. The van der Waals surface area contributed by atoms with Crippen molar-refractivity contribution in [2.24, 2.45) is 0 Å². The summed E-state index contributed by atoms with van der Waals surface area (Å²) in [6.45, 7) is 6.60. The van der Waals surface area contributed by atoms with Gasteiger partial charge in [0.15, 0.2) is 6.10 Å². The molecular weight excluding hydrogens is 949 g/mol. The first-order chi connectivity index (χ1) is 38.0. The van der Waals surface area contributed by atoms with E-state index < -0.39 is 6.10 Å². The van der Waals surface area contributed by atoms with Crippen LogP contribution in [0.3, 0.4) is 0 Å². The molecule has 0 aliphatic heterocycles. The Morgan fingerprint density at radius 3 is 0.779 bits per heavy atom. The van der Waals surface area contributed by atoms with E-state index in [4.69, 9.17) is 14.2 Å². The molecule has 0 aromatic heterocycles. The predicted molar refractivity (Wildman–Crippen MR) is 335 cm³/mol. The van der Waals surface area contributed by atoms with Gasteiger partial charge in [-0.3, -0.25) is 14.4 Å². The van der Waals surface area contributed by atoms with Gasteiger partial charge in [-0.2, -0.15) is 0 Å². The predicted octanol–water partition coefficient (Wildman–Crippen LogP) is 23.1. The first kappa shape index (κ1) is 74.1. The SMILES string of the molecule is CCC/C=C\C/C=C\CCCCCCCC(=O)OCC(COC(=O)CCCCCCCCCC/C=C\C/C=C\C/C=C\CCCCCCC)OC(=O)CCCCCCCCCCCCCCCCCCCCCCCCC. The molecule has 0 aromatic rings. The zero-order chi connectivity index (χ0) is 55.7. The minimum absolute atomic E-state index is 0.0798. The van der Waals surface area contributed by atoms with Crippen LogP contribution in [-0.4, -0.2) is 37.2 Å². The topological polar surface area (TPSA) is 78.9 Å². The van der Waals surface area contributed by atoms with Gasteiger partial charge in [0.1, 0.15) is 13.2 Å². The van der Waals surface area contributed by atoms with Crippen molar-refractivity contribution in [2.45, 2.75) is 361 Å². The number of carbonyl (C=O) groups is 3. The molecule has 0 saturated carbocycles. The van der Waals surface area contributed by atoms with Crippen molar-refractivity contribution in [1.29, 1.82) is 0 Å². The van der Waals surface area contributed by atoms with E-state index in [-0.39, 0.29) is 31.1 Å². The van der Waals surface area contributed by atoms with Crippen molar-refractivity contribution in [2.75, 3.05) is 13.2 Å². The summed E-state index contributed by atoms with van der Waals surface area (Å²) in [7, 11) is 0. The van der Waals surface area contributed by atoms with Gasteiger partial charge in [-0.1, -0.05) is 313 Å². The minimum Gasteiger partial charge on any atom is -0.462 e. The number of carbonyl (C=O) groups excluding carboxylic acids is 3. The minimum atomic E-state index is -0.783. The Bertz CT molecular complexity index is 1380. The second-order valence-electron chi connectivity index (χ2n) is 22.7. The lowest BCUT2D eigenvalue weighted by Gasteiger charge is -2.18. The van der Waals surface area contributed by atoms with Crippen LogP contribution in [-0.2, 0) is 28.6 Å². The van der Waals surface area contributed by atoms with Crippen molar-refractivity contribution in [3.05, 3.63) is 60.8 Å². The van der Waals surface area contributed by atoms with Crippen LogP contribution in [0.15, 0.2) is 60.8 Å². The molecule has 77 heavy (non-hydrogen) atoms. The molecule has 0 radical (unpaired) electrons. The molecule has 6 heteroatoms. The fourth-order valence-electron chi connectivity index (χ4n) is 9.90. The van der Waals surface area contributed by atoms with Crippen molar-refractivity contribution in [1.82, 2.24) is 0 Å². The number of ether oxygens (including phenoxy) is 3. The third kappa shape index (κ3) is 63.8. The van der Waals surface area contributed by atoms with Crippen LogP contribution in [0.4, 0.5) is 0 Å². The molecular formula is C71H128O6. The summed E-state index contributed by atoms with van der Waals surface area (Å²) in [5.74, 6) is -0.880. The van der Waals surface area contributed by atoms with Crippen molar-refractivity contribution < 1.29 is 28.6 Å². The first-order valence-electron chi connectivity index (χ1n) is 33.8. The summed E-state index contributed by atoms with van der Waals surface area (Å²) >= 11 is 0. The standard InChI is InChI=1S/C71H128O6/c1-4-7-10-13-16-19-22-25-27-29-31-33-35-37-39-41-43-46-49-52-55-58-61-64-70(73)76-67-68(66-75-69(72)63-60-57-54-51-48-45-24-21-18-15-12-9-6-3)77-71(74)65-62-59-56-53-50-47-44-42-40-38-36-34-32-30-28-26-23-20-17-14-11-8-5-2/h12,15,21-22,24-25,29,31,35,37,68H,4-11,13-14,16-20,23,26-28,30,32-34,36,38-67H2,1-3H3/b15-12-,24-21-,25-22-,31-29-,37-35-. The second kappa shape index (κ2) is 65.6. The van der Waals surface area contributed by atoms with Crippen LogP contribution in [0.5, 0.6) is 0 Å². The summed E-state index contributed by atoms with van der Waals surface area (Å²) < 4.78 is 16.9. The third-order valence-corrected chi connectivity index (χ3v) is 15.0. The molecule has 0 heterocycles. The Balaban J connectivity index is 4.29. The number of esters is 3. The molecule has 0 bridgehead atoms. The van der Waals surface area contributed by atoms with Gasteiger partial charge in [0, 0.05) is 19.3 Å². The smallest absolute Gasteiger partial charge is 0.306 e. The number of hydrogen-bond acceptors (Lipinski definition) is 6. The Labute approximate surface area is 479 Å². The molecule has 0 N–H and O–H groups in total. The third-order valence-electron chi connectivity index (χ3n) is 15.0. The molecule has 0 amide bonds. The van der Waals surface area contributed by atoms with Crippen LogP contribution in [0.25, 0.3) is 0 Å². The van der Waals surface area contributed by atoms with Crippen LogP contribution in [0.2, 0.25) is 0 Å². The molecule has 0 saturated heterocycles. The lowest BCUT2D eigenvalue weighted by molar-refractivity contribution is -0.167. The highest BCUT2D eigenvalue weighted by Gasteiger charge is 2.19. The second-order valence-corrected chi connectivity index (χ2v) is 22.7. The van der Waals surface area contributed by atoms with E-state index in [9.17, 15) is 14.4 Å². The number of allylic oxidation sites excluding steroid dienone is 10. The van der Waals surface area contributed by atoms with Gasteiger partial charge < -0.3 is 14.2 Å². The normalized spacial score (nSPS) is 12.4. The van der Waals surface area contributed by atoms with Gasteiger partial charge in [0.05, 0.1) is 0 Å². The highest BCUT2D eigenvalue weighted by Crippen LogP contribution is 2.18. The van der Waals surface area contributed by atoms with E-state index in [2.05, 4.69) is 81.5 Å². The van der Waals surface area contributed by atoms with Crippen LogP contribution in [0.1, 0.15) is 355 Å². The van der Waals surface area contributed by atoms with Crippen LogP contribution < -0.4 is 0 Å². The fourth-order valence-corrected chi connectivity index (χ4v) is 9.90. The Hall–Kier alpha value is -2.89. The van der Waals surface area contributed by atoms with Crippen molar-refractivity contribution in [3.63, 3.8) is 0 Å². The largest absolute Gasteiger partial charge is 0.462 e. The highest BCUT2D eigenvalue weighted by molar-refractivity contribution is 5.71. The Morgan fingerprint density at radius 1 is 0.260 bits per heavy atom. The maximum Gasteiger partial charge on any atom is 0.306 e. The fraction of sp³-hybridized carbons (Fsp3) is 0.817. The molecule has 0 aliphatic rings. The van der Waals surface area contributed by atoms with E-state index in [1.165, 1.54) is 212 Å². The molecule has 0 spiro atoms. The number of unbranched alkanes of at least 4 members (excludes halogenated alkanes) is 41. The molecule has 1 unspecified atom stereocenters. The van der Waals surface area contributed by atoms with Gasteiger partial charge in [-0.05, 0) is 83.5 Å². The quantitative estimate of drug-likeness (QED) is 0.0261. The van der Waals surface area contributed by atoms with Crippen LogP contribution in [0, 0.1) is 0 Å². The zero-order valence-electron chi connectivity index (χ0n) is 51.5. The zero-order valence-corrected chi connectivity index (χ0v) is 51.5. The van der Waals surface area contributed by atoms with Gasteiger partial charge in [-0.25, -0.2) is 0 Å². The van der Waals surface area contributed by atoms with Crippen molar-refractivity contribution in [3.8, 4) is 0 Å². The van der Waals surface area contributed by atoms with Gasteiger partial charge >= 0.3 is 17.9 Å². The highest BCUT2D eigenvalue weighted by atomic mass is 16.6. The first-order valence-corrected chi connectivity index (χ1v) is 33.8. The van der Waals surface area contributed by atoms with Crippen molar-refractivity contribution >= 4 is 17.9 Å². The Morgan fingerprint density at radius 2 is 0.494 bits per heavy atom. The van der Waals surface area contributed by atoms with E-state index in [1.807, 2.05) is 0 Å². The summed E-state index contributed by atoms with van der Waals surface area (Å²) in [6, 6.07) is 0. The van der Waals surface area contributed by atoms with E-state index in [1.54, 1.807) is 0 Å². The average molecular weight is 1080 g/mol. The summed E-state index contributed by atoms with van der Waals surface area (Å²) in [6.07, 6.45) is 83.8. The van der Waals surface area contributed by atoms with E-state index in [0.717, 1.165) is 103 Å². The molecule has 0 rings (SSSR count). The monoisotopic (exact) mass is 1080 g/mol. The molecule has 448 valence electrons. The molecule has 6 nitrogen and oxygen atoms in total. The summed E-state index contributed by atoms with van der Waals surface area (Å²) in [4.78, 5) is 38.4. The van der Waals surface area contributed by atoms with Gasteiger partial charge in [0.25, 0.3) is 0 Å². The van der Waals surface area contributed by atoms with Crippen LogP contribution >= 0.6 is 0 Å². The van der Waals surface area contributed by atoms with E-state index in [0.29, 0.717) is 19.3 Å². The average Bonchev–Trinajstić information content (AvgIpc) is 3.43. The molecule has 0 aliphatic carbocycles. The molecule has 0 aromatic carbocycles. The van der Waals surface area contributed by atoms with Gasteiger partial charge in [0.2, 0.25) is 0 Å². The number of rotatable bonds is 62. The lowest BCUT2D eigenvalue weighted by Crippen LogP contribution is -2.30. The lowest BCUT2D eigenvalue weighted by atomic mass is 10.0. The summed E-state index contributed by atoms with van der Waals surface area (Å²) in [5, 5.41) is 0. The van der Waals surface area contributed by atoms with Gasteiger partial charge in [-0.15, -0.1) is 0 Å². The maximum atomic E-state index is 12.9. The number of hydrogen-bond donors (Lipinski definition) is 0. The molecule has 0 fully saturated rings. The Kier molecular flexibility index (Phi) is 63.2. The summed E-state index contributed by atoms with van der Waals surface area (Å²) in [5.41, 5.74) is 0. The molecule has 1 atom stereocenters.